The fourth-order valence-electron chi connectivity index (χ4n) is 5.25. The Balaban J connectivity index is 1.09. The molecule has 160 valence electrons. The van der Waals surface area contributed by atoms with E-state index in [4.69, 9.17) is 4.74 Å². The van der Waals surface area contributed by atoms with Crippen molar-refractivity contribution in [3.8, 4) is 5.75 Å². The first kappa shape index (κ1) is 20.0. The van der Waals surface area contributed by atoms with Crippen molar-refractivity contribution >= 4 is 10.0 Å². The summed E-state index contributed by atoms with van der Waals surface area (Å²) in [5.41, 5.74) is 6.85. The molecule has 2 aliphatic heterocycles. The van der Waals surface area contributed by atoms with Gasteiger partial charge in [-0.25, -0.2) is 13.1 Å². The maximum Gasteiger partial charge on any atom is 0.211 e. The van der Waals surface area contributed by atoms with Crippen molar-refractivity contribution in [2.75, 3.05) is 32.0 Å². The highest BCUT2D eigenvalue weighted by Crippen LogP contribution is 2.41. The molecule has 0 saturated carbocycles. The van der Waals surface area contributed by atoms with E-state index in [2.05, 4.69) is 33.9 Å². The summed E-state index contributed by atoms with van der Waals surface area (Å²) in [7, 11) is -3.25. The van der Waals surface area contributed by atoms with Crippen LogP contribution < -0.4 is 9.46 Å². The molecule has 1 atom stereocenters. The van der Waals surface area contributed by atoms with Crippen LogP contribution in [-0.2, 0) is 35.7 Å². The van der Waals surface area contributed by atoms with Crippen LogP contribution in [0.15, 0.2) is 36.4 Å². The monoisotopic (exact) mass is 426 g/mol. The molecule has 5 nitrogen and oxygen atoms in total. The van der Waals surface area contributed by atoms with Gasteiger partial charge in [-0.1, -0.05) is 30.3 Å². The minimum Gasteiger partial charge on any atom is -0.493 e. The van der Waals surface area contributed by atoms with E-state index in [-0.39, 0.29) is 5.75 Å². The van der Waals surface area contributed by atoms with Crippen LogP contribution in [0.25, 0.3) is 0 Å². The van der Waals surface area contributed by atoms with Crippen molar-refractivity contribution < 1.29 is 13.2 Å². The van der Waals surface area contributed by atoms with Crippen molar-refractivity contribution in [2.24, 2.45) is 0 Å². The molecule has 0 aromatic heterocycles. The summed E-state index contributed by atoms with van der Waals surface area (Å²) >= 11 is 0. The minimum absolute atomic E-state index is 0.135. The SMILES string of the molecule is O=S(=O)(CCc1ccc2c(c1)CCO2)NCCCN1CCc2cccc3c2C1CC3. The number of benzene rings is 2. The number of rotatable bonds is 8. The average molecular weight is 427 g/mol. The van der Waals surface area contributed by atoms with Crippen LogP contribution in [0, 0.1) is 0 Å². The van der Waals surface area contributed by atoms with Gasteiger partial charge in [0.25, 0.3) is 0 Å². The molecule has 2 aromatic rings. The van der Waals surface area contributed by atoms with Crippen LogP contribution in [0.5, 0.6) is 5.75 Å². The lowest BCUT2D eigenvalue weighted by Gasteiger charge is -2.35. The third-order valence-electron chi connectivity index (χ3n) is 6.77. The normalized spacial score (nSPS) is 20.1. The Bertz CT molecular complexity index is 1030. The molecule has 30 heavy (non-hydrogen) atoms. The molecule has 3 aliphatic rings. The van der Waals surface area contributed by atoms with Crippen LogP contribution in [-0.4, -0.2) is 45.3 Å². The molecule has 5 rings (SSSR count). The zero-order valence-electron chi connectivity index (χ0n) is 17.4. The summed E-state index contributed by atoms with van der Waals surface area (Å²) in [6.45, 7) is 3.27. The Morgan fingerprint density at radius 3 is 2.83 bits per heavy atom. The Kier molecular flexibility index (Phi) is 5.56. The summed E-state index contributed by atoms with van der Waals surface area (Å²) in [5.74, 6) is 1.07. The van der Waals surface area contributed by atoms with Gasteiger partial charge in [0.2, 0.25) is 10.0 Å². The van der Waals surface area contributed by atoms with Crippen molar-refractivity contribution in [1.29, 1.82) is 0 Å². The third kappa shape index (κ3) is 4.13. The van der Waals surface area contributed by atoms with Crippen molar-refractivity contribution in [3.63, 3.8) is 0 Å². The Labute approximate surface area is 179 Å². The smallest absolute Gasteiger partial charge is 0.211 e. The fourth-order valence-corrected chi connectivity index (χ4v) is 6.35. The highest BCUT2D eigenvalue weighted by molar-refractivity contribution is 7.89. The number of ether oxygens (including phenoxy) is 1. The Hall–Kier alpha value is -1.89. The highest BCUT2D eigenvalue weighted by Gasteiger charge is 2.32. The summed E-state index contributed by atoms with van der Waals surface area (Å²) in [4.78, 5) is 2.56. The number of fused-ring (bicyclic) bond motifs is 1. The van der Waals surface area contributed by atoms with Gasteiger partial charge in [0.05, 0.1) is 12.4 Å². The van der Waals surface area contributed by atoms with Crippen LogP contribution in [0.4, 0.5) is 0 Å². The maximum absolute atomic E-state index is 12.4. The van der Waals surface area contributed by atoms with Gasteiger partial charge in [0.15, 0.2) is 0 Å². The molecule has 2 heterocycles. The van der Waals surface area contributed by atoms with E-state index in [1.807, 2.05) is 12.1 Å². The molecule has 0 amide bonds. The first-order chi connectivity index (χ1) is 14.6. The molecule has 0 bridgehead atoms. The predicted octanol–water partition coefficient (Wildman–Crippen LogP) is 3.02. The van der Waals surface area contributed by atoms with E-state index < -0.39 is 10.0 Å². The van der Waals surface area contributed by atoms with Crippen LogP contribution in [0.1, 0.15) is 46.7 Å². The van der Waals surface area contributed by atoms with E-state index in [0.29, 0.717) is 19.0 Å². The van der Waals surface area contributed by atoms with Crippen LogP contribution >= 0.6 is 0 Å². The van der Waals surface area contributed by atoms with E-state index in [1.165, 1.54) is 29.5 Å². The number of nitrogens with zero attached hydrogens (tertiary/aromatic N) is 1. The van der Waals surface area contributed by atoms with Crippen LogP contribution in [0.3, 0.4) is 0 Å². The van der Waals surface area contributed by atoms with Gasteiger partial charge in [-0.3, -0.25) is 4.90 Å². The predicted molar refractivity (Wildman–Crippen MR) is 119 cm³/mol. The number of sulfonamides is 1. The van der Waals surface area contributed by atoms with E-state index in [0.717, 1.165) is 50.3 Å². The fraction of sp³-hybridized carbons (Fsp3) is 0.500. The van der Waals surface area contributed by atoms with Gasteiger partial charge in [0, 0.05) is 32.1 Å². The summed E-state index contributed by atoms with van der Waals surface area (Å²) in [5, 5.41) is 0. The van der Waals surface area contributed by atoms with Gasteiger partial charge >= 0.3 is 0 Å². The molecule has 0 radical (unpaired) electrons. The zero-order valence-corrected chi connectivity index (χ0v) is 18.2. The Morgan fingerprint density at radius 1 is 1.07 bits per heavy atom. The topological polar surface area (TPSA) is 58.6 Å². The molecule has 0 fully saturated rings. The van der Waals surface area contributed by atoms with Crippen molar-refractivity contribution in [1.82, 2.24) is 9.62 Å². The summed E-state index contributed by atoms with van der Waals surface area (Å²) < 4.78 is 33.2. The Morgan fingerprint density at radius 2 is 1.93 bits per heavy atom. The van der Waals surface area contributed by atoms with Crippen LogP contribution in [0.2, 0.25) is 0 Å². The largest absolute Gasteiger partial charge is 0.493 e. The van der Waals surface area contributed by atoms with Gasteiger partial charge < -0.3 is 4.74 Å². The summed E-state index contributed by atoms with van der Waals surface area (Å²) in [6.07, 6.45) is 5.78. The molecule has 2 aromatic carbocycles. The quantitative estimate of drug-likeness (QED) is 0.660. The molecule has 0 saturated heterocycles. The number of aryl methyl sites for hydroxylation is 2. The average Bonchev–Trinajstić information content (AvgIpc) is 3.39. The second kappa shape index (κ2) is 8.33. The maximum atomic E-state index is 12.4. The third-order valence-corrected chi connectivity index (χ3v) is 8.16. The molecule has 1 aliphatic carbocycles. The zero-order chi connectivity index (χ0) is 20.6. The number of nitrogens with one attached hydrogen (secondary N) is 1. The molecular formula is C24H30N2O3S. The second-order valence-corrected chi connectivity index (χ2v) is 10.6. The van der Waals surface area contributed by atoms with Gasteiger partial charge in [-0.05, 0) is 66.0 Å². The molecule has 0 spiro atoms. The molecule has 6 heteroatoms. The lowest BCUT2D eigenvalue weighted by Crippen LogP contribution is -2.37. The molecule has 1 unspecified atom stereocenters. The van der Waals surface area contributed by atoms with E-state index in [1.54, 1.807) is 5.56 Å². The number of hydrogen-bond donors (Lipinski definition) is 1. The standard InChI is InChI=1S/C24H30N2O3S/c27-30(28,16-11-18-5-8-23-21(17-18)10-15-29-23)25-12-2-13-26-14-9-20-4-1-3-19-6-7-22(26)24(19)20/h1,3-5,8,17,22,25H,2,6-7,9-16H2. The minimum atomic E-state index is -3.25. The van der Waals surface area contributed by atoms with Crippen molar-refractivity contribution in [2.45, 2.75) is 44.6 Å². The van der Waals surface area contributed by atoms with Gasteiger partial charge in [-0.2, -0.15) is 0 Å². The second-order valence-electron chi connectivity index (χ2n) is 8.69. The van der Waals surface area contributed by atoms with E-state index in [9.17, 15) is 8.42 Å². The summed E-state index contributed by atoms with van der Waals surface area (Å²) in [6, 6.07) is 13.3. The molecule has 1 N–H and O–H groups in total. The van der Waals surface area contributed by atoms with E-state index >= 15 is 0 Å². The highest BCUT2D eigenvalue weighted by atomic mass is 32.2. The first-order valence-electron chi connectivity index (χ1n) is 11.2. The van der Waals surface area contributed by atoms with Gasteiger partial charge in [0.1, 0.15) is 5.75 Å². The van der Waals surface area contributed by atoms with Crippen molar-refractivity contribution in [3.05, 3.63) is 64.2 Å². The van der Waals surface area contributed by atoms with Gasteiger partial charge in [-0.15, -0.1) is 0 Å². The number of hydrogen-bond acceptors (Lipinski definition) is 4. The molecular weight excluding hydrogens is 396 g/mol. The lowest BCUT2D eigenvalue weighted by molar-refractivity contribution is 0.184. The first-order valence-corrected chi connectivity index (χ1v) is 12.8. The lowest BCUT2D eigenvalue weighted by atomic mass is 9.93.